The summed E-state index contributed by atoms with van der Waals surface area (Å²) in [6.07, 6.45) is 1.34. The zero-order chi connectivity index (χ0) is 19.2. The number of amides is 1. The van der Waals surface area contributed by atoms with Gasteiger partial charge in [-0.25, -0.2) is 0 Å². The van der Waals surface area contributed by atoms with Gasteiger partial charge in [-0.05, 0) is 30.5 Å². The van der Waals surface area contributed by atoms with Gasteiger partial charge in [0.1, 0.15) is 5.56 Å². The lowest BCUT2D eigenvalue weighted by Gasteiger charge is -2.20. The van der Waals surface area contributed by atoms with E-state index in [4.69, 9.17) is 0 Å². The van der Waals surface area contributed by atoms with E-state index in [1.807, 2.05) is 62.4 Å². The zero-order valence-corrected chi connectivity index (χ0v) is 15.7. The Hall–Kier alpha value is -3.14. The van der Waals surface area contributed by atoms with Crippen LogP contribution < -0.4 is 10.7 Å². The molecule has 0 atom stereocenters. The summed E-state index contributed by atoms with van der Waals surface area (Å²) in [4.78, 5) is 25.6. The van der Waals surface area contributed by atoms with E-state index < -0.39 is 0 Å². The molecular formula is C23H24N2O2. The van der Waals surface area contributed by atoms with Crippen molar-refractivity contribution in [3.8, 4) is 0 Å². The molecule has 27 heavy (non-hydrogen) atoms. The Labute approximate surface area is 159 Å². The Morgan fingerprint density at radius 1 is 0.926 bits per heavy atom. The van der Waals surface area contributed by atoms with Crippen molar-refractivity contribution in [2.45, 2.75) is 33.2 Å². The molecule has 0 radical (unpaired) electrons. The van der Waals surface area contributed by atoms with Crippen LogP contribution in [-0.2, 0) is 19.4 Å². The third-order valence-electron chi connectivity index (χ3n) is 4.64. The molecule has 1 aromatic heterocycles. The molecule has 138 valence electrons. The van der Waals surface area contributed by atoms with E-state index in [-0.39, 0.29) is 16.9 Å². The predicted octanol–water partition coefficient (Wildman–Crippen LogP) is 4.27. The molecule has 0 fully saturated rings. The van der Waals surface area contributed by atoms with Gasteiger partial charge in [0.2, 0.25) is 0 Å². The molecule has 0 bridgehead atoms. The van der Waals surface area contributed by atoms with Crippen LogP contribution in [0.4, 0.5) is 5.69 Å². The number of carbonyl (C=O) groups excluding carboxylic acids is 1. The van der Waals surface area contributed by atoms with E-state index in [0.717, 1.165) is 23.4 Å². The quantitative estimate of drug-likeness (QED) is 0.713. The first-order valence-electron chi connectivity index (χ1n) is 9.30. The number of pyridine rings is 1. The molecule has 4 nitrogen and oxygen atoms in total. The third-order valence-corrected chi connectivity index (χ3v) is 4.64. The summed E-state index contributed by atoms with van der Waals surface area (Å²) in [5.74, 6) is -0.354. The summed E-state index contributed by atoms with van der Waals surface area (Å²) in [5, 5.41) is 2.85. The second-order valence-corrected chi connectivity index (χ2v) is 6.42. The molecule has 3 aromatic rings. The molecule has 1 amide bonds. The van der Waals surface area contributed by atoms with Crippen molar-refractivity contribution in [3.63, 3.8) is 0 Å². The standard InChI is InChI=1S/C23H24N2O2/c1-3-19-15-21(26)22(23(27)24-18-13-9-6-10-14-18)20(4-2)25(19)16-17-11-7-5-8-12-17/h5-15H,3-4,16H2,1-2H3,(H,24,27). The minimum atomic E-state index is -0.354. The first kappa shape index (κ1) is 18.6. The smallest absolute Gasteiger partial charge is 0.261 e. The highest BCUT2D eigenvalue weighted by atomic mass is 16.2. The Bertz CT molecular complexity index is 977. The monoisotopic (exact) mass is 360 g/mol. The van der Waals surface area contributed by atoms with E-state index in [1.165, 1.54) is 0 Å². The maximum atomic E-state index is 12.9. The highest BCUT2D eigenvalue weighted by Crippen LogP contribution is 2.16. The molecule has 1 heterocycles. The Kier molecular flexibility index (Phi) is 5.87. The summed E-state index contributed by atoms with van der Waals surface area (Å²) in [6.45, 7) is 4.65. The lowest BCUT2D eigenvalue weighted by atomic mass is 10.1. The average molecular weight is 360 g/mol. The topological polar surface area (TPSA) is 51.1 Å². The van der Waals surface area contributed by atoms with Crippen molar-refractivity contribution >= 4 is 11.6 Å². The van der Waals surface area contributed by atoms with Gasteiger partial charge in [0.25, 0.3) is 5.91 Å². The molecule has 0 saturated carbocycles. The number of benzene rings is 2. The highest BCUT2D eigenvalue weighted by molar-refractivity contribution is 6.05. The Balaban J connectivity index is 2.07. The SMILES string of the molecule is CCc1cc(=O)c(C(=O)Nc2ccccc2)c(CC)n1Cc1ccccc1. The number of carbonyl (C=O) groups is 1. The number of anilines is 1. The van der Waals surface area contributed by atoms with Crippen molar-refractivity contribution < 1.29 is 4.79 Å². The molecular weight excluding hydrogens is 336 g/mol. The van der Waals surface area contributed by atoms with E-state index in [0.29, 0.717) is 18.7 Å². The number of aromatic nitrogens is 1. The lowest BCUT2D eigenvalue weighted by Crippen LogP contribution is -2.29. The summed E-state index contributed by atoms with van der Waals surface area (Å²) in [5.41, 5.74) is 3.54. The molecule has 2 aromatic carbocycles. The summed E-state index contributed by atoms with van der Waals surface area (Å²) in [7, 11) is 0. The van der Waals surface area contributed by atoms with Gasteiger partial charge in [-0.1, -0.05) is 62.4 Å². The second-order valence-electron chi connectivity index (χ2n) is 6.42. The van der Waals surface area contributed by atoms with E-state index in [2.05, 4.69) is 22.0 Å². The largest absolute Gasteiger partial charge is 0.343 e. The minimum Gasteiger partial charge on any atom is -0.343 e. The normalized spacial score (nSPS) is 10.6. The predicted molar refractivity (Wildman–Crippen MR) is 109 cm³/mol. The first-order valence-corrected chi connectivity index (χ1v) is 9.30. The van der Waals surface area contributed by atoms with Gasteiger partial charge in [-0.15, -0.1) is 0 Å². The van der Waals surface area contributed by atoms with Gasteiger partial charge >= 0.3 is 0 Å². The average Bonchev–Trinajstić information content (AvgIpc) is 2.70. The molecule has 0 saturated heterocycles. The van der Waals surface area contributed by atoms with Crippen molar-refractivity contribution in [1.82, 2.24) is 4.57 Å². The van der Waals surface area contributed by atoms with Crippen LogP contribution in [0.5, 0.6) is 0 Å². The molecule has 4 heteroatoms. The molecule has 0 aliphatic carbocycles. The van der Waals surface area contributed by atoms with Crippen molar-refractivity contribution in [2.24, 2.45) is 0 Å². The minimum absolute atomic E-state index is 0.221. The first-order chi connectivity index (χ1) is 13.1. The van der Waals surface area contributed by atoms with Crippen LogP contribution in [0.2, 0.25) is 0 Å². The Morgan fingerprint density at radius 2 is 1.56 bits per heavy atom. The number of nitrogens with one attached hydrogen (secondary N) is 1. The summed E-state index contributed by atoms with van der Waals surface area (Å²) in [6, 6.07) is 20.9. The molecule has 1 N–H and O–H groups in total. The summed E-state index contributed by atoms with van der Waals surface area (Å²) < 4.78 is 2.11. The van der Waals surface area contributed by atoms with Gasteiger partial charge in [0.05, 0.1) is 0 Å². The fourth-order valence-corrected chi connectivity index (χ4v) is 3.33. The van der Waals surface area contributed by atoms with Crippen LogP contribution in [0.3, 0.4) is 0 Å². The van der Waals surface area contributed by atoms with Gasteiger partial charge in [0, 0.05) is 29.7 Å². The molecule has 0 unspecified atom stereocenters. The number of para-hydroxylation sites is 1. The van der Waals surface area contributed by atoms with Crippen LogP contribution in [-0.4, -0.2) is 10.5 Å². The van der Waals surface area contributed by atoms with Crippen LogP contribution >= 0.6 is 0 Å². The Morgan fingerprint density at radius 3 is 2.15 bits per heavy atom. The number of rotatable bonds is 6. The number of hydrogen-bond acceptors (Lipinski definition) is 2. The van der Waals surface area contributed by atoms with Crippen LogP contribution in [0.25, 0.3) is 0 Å². The molecule has 0 aliphatic rings. The lowest BCUT2D eigenvalue weighted by molar-refractivity contribution is 0.102. The van der Waals surface area contributed by atoms with Crippen molar-refractivity contribution in [1.29, 1.82) is 0 Å². The third kappa shape index (κ3) is 4.17. The van der Waals surface area contributed by atoms with Gasteiger partial charge in [0.15, 0.2) is 5.43 Å². The van der Waals surface area contributed by atoms with E-state index in [1.54, 1.807) is 6.07 Å². The van der Waals surface area contributed by atoms with Crippen LogP contribution in [0, 0.1) is 0 Å². The second kappa shape index (κ2) is 8.49. The van der Waals surface area contributed by atoms with Gasteiger partial charge in [-0.3, -0.25) is 9.59 Å². The van der Waals surface area contributed by atoms with Gasteiger partial charge < -0.3 is 9.88 Å². The molecule has 3 rings (SSSR count). The van der Waals surface area contributed by atoms with Crippen LogP contribution in [0.1, 0.15) is 41.2 Å². The number of aryl methyl sites for hydroxylation is 1. The van der Waals surface area contributed by atoms with E-state index >= 15 is 0 Å². The fraction of sp³-hybridized carbons (Fsp3) is 0.217. The molecule has 0 spiro atoms. The molecule has 0 aliphatic heterocycles. The van der Waals surface area contributed by atoms with Gasteiger partial charge in [-0.2, -0.15) is 0 Å². The number of nitrogens with zero attached hydrogens (tertiary/aromatic N) is 1. The van der Waals surface area contributed by atoms with Crippen molar-refractivity contribution in [2.75, 3.05) is 5.32 Å². The zero-order valence-electron chi connectivity index (χ0n) is 15.7. The highest BCUT2D eigenvalue weighted by Gasteiger charge is 2.20. The van der Waals surface area contributed by atoms with Crippen LogP contribution in [0.15, 0.2) is 71.5 Å². The summed E-state index contributed by atoms with van der Waals surface area (Å²) >= 11 is 0. The maximum Gasteiger partial charge on any atom is 0.261 e. The number of hydrogen-bond donors (Lipinski definition) is 1. The fourth-order valence-electron chi connectivity index (χ4n) is 3.33. The maximum absolute atomic E-state index is 12.9. The van der Waals surface area contributed by atoms with Crippen molar-refractivity contribution in [3.05, 3.63) is 99.5 Å². The van der Waals surface area contributed by atoms with E-state index in [9.17, 15) is 9.59 Å².